The maximum absolute atomic E-state index is 12.3. The molecule has 2 aromatic rings. The molecule has 0 N–H and O–H groups in total. The molecule has 0 aliphatic carbocycles. The lowest BCUT2D eigenvalue weighted by Gasteiger charge is -2.08. The van der Waals surface area contributed by atoms with Crippen LogP contribution in [0.5, 0.6) is 11.5 Å². The monoisotopic (exact) mass is 277 g/mol. The molecule has 0 aliphatic rings. The molecule has 0 saturated heterocycles. The van der Waals surface area contributed by atoms with Crippen molar-refractivity contribution in [3.63, 3.8) is 0 Å². The first-order chi connectivity index (χ1) is 9.15. The van der Waals surface area contributed by atoms with Gasteiger partial charge in [-0.25, -0.2) is 0 Å². The van der Waals surface area contributed by atoms with Crippen LogP contribution in [-0.2, 0) is 0 Å². The number of rotatable bonds is 4. The van der Waals surface area contributed by atoms with Crippen LogP contribution in [0.25, 0.3) is 0 Å². The maximum atomic E-state index is 12.3. The Morgan fingerprint density at radius 1 is 1.16 bits per heavy atom. The van der Waals surface area contributed by atoms with Gasteiger partial charge in [0.15, 0.2) is 0 Å². The van der Waals surface area contributed by atoms with Crippen LogP contribution in [0.3, 0.4) is 0 Å². The fraction of sp³-hybridized carbons (Fsp3) is 0.143. The van der Waals surface area contributed by atoms with Crippen molar-refractivity contribution in [2.24, 2.45) is 0 Å². The topological polar surface area (TPSA) is 48.4 Å². The quantitative estimate of drug-likeness (QED) is 0.806. The van der Waals surface area contributed by atoms with E-state index >= 15 is 0 Å². The third kappa shape index (κ3) is 2.85. The Hall–Kier alpha value is -2.07. The molecule has 1 aromatic heterocycles. The lowest BCUT2D eigenvalue weighted by Crippen LogP contribution is -2.05. The van der Waals surface area contributed by atoms with E-state index in [1.807, 2.05) is 0 Å². The Morgan fingerprint density at radius 3 is 2.32 bits per heavy atom. The number of methoxy groups -OCH3 is 2. The van der Waals surface area contributed by atoms with Gasteiger partial charge >= 0.3 is 0 Å². The molecule has 0 aliphatic heterocycles. The molecule has 2 rings (SSSR count). The summed E-state index contributed by atoms with van der Waals surface area (Å²) in [6, 6.07) is 8.23. The lowest BCUT2D eigenvalue weighted by atomic mass is 10.1. The highest BCUT2D eigenvalue weighted by molar-refractivity contribution is 6.34. The van der Waals surface area contributed by atoms with Crippen LogP contribution in [0.4, 0.5) is 0 Å². The molecule has 1 heterocycles. The molecule has 0 fully saturated rings. The predicted molar refractivity (Wildman–Crippen MR) is 72.2 cm³/mol. The van der Waals surface area contributed by atoms with Gasteiger partial charge in [-0.05, 0) is 24.3 Å². The Kier molecular flexibility index (Phi) is 4.02. The number of aromatic nitrogens is 1. The fourth-order valence-electron chi connectivity index (χ4n) is 1.63. The van der Waals surface area contributed by atoms with Gasteiger partial charge in [0.2, 0.25) is 5.78 Å². The number of hydrogen-bond donors (Lipinski definition) is 0. The van der Waals surface area contributed by atoms with Crippen LogP contribution in [0, 0.1) is 0 Å². The van der Waals surface area contributed by atoms with E-state index in [2.05, 4.69) is 4.98 Å². The number of halogens is 1. The normalized spacial score (nSPS) is 10.1. The molecule has 5 heteroatoms. The van der Waals surface area contributed by atoms with E-state index in [0.717, 1.165) is 0 Å². The smallest absolute Gasteiger partial charge is 0.213 e. The average Bonchev–Trinajstić information content (AvgIpc) is 2.46. The summed E-state index contributed by atoms with van der Waals surface area (Å²) in [6.45, 7) is 0. The SMILES string of the molecule is COc1cc(OC)cc(C(=O)c2ncccc2Cl)c1. The molecule has 0 bridgehead atoms. The standard InChI is InChI=1S/C14H12ClNO3/c1-18-10-6-9(7-11(8-10)19-2)14(17)13-12(15)4-3-5-16-13/h3-8H,1-2H3. The zero-order valence-corrected chi connectivity index (χ0v) is 11.3. The Labute approximate surface area is 115 Å². The summed E-state index contributed by atoms with van der Waals surface area (Å²) in [4.78, 5) is 16.3. The minimum Gasteiger partial charge on any atom is -0.497 e. The molecule has 1 aromatic carbocycles. The Morgan fingerprint density at radius 2 is 1.79 bits per heavy atom. The van der Waals surface area contributed by atoms with Crippen molar-refractivity contribution in [2.45, 2.75) is 0 Å². The molecule has 0 atom stereocenters. The Bertz CT molecular complexity index is 591. The number of pyridine rings is 1. The molecule has 19 heavy (non-hydrogen) atoms. The van der Waals surface area contributed by atoms with Crippen molar-refractivity contribution < 1.29 is 14.3 Å². The van der Waals surface area contributed by atoms with Crippen LogP contribution < -0.4 is 9.47 Å². The average molecular weight is 278 g/mol. The number of carbonyl (C=O) groups is 1. The maximum Gasteiger partial charge on any atom is 0.213 e. The third-order valence-electron chi connectivity index (χ3n) is 2.59. The summed E-state index contributed by atoms with van der Waals surface area (Å²) in [5.74, 6) is 0.798. The zero-order valence-electron chi connectivity index (χ0n) is 10.5. The van der Waals surface area contributed by atoms with Gasteiger partial charge in [0, 0.05) is 17.8 Å². The lowest BCUT2D eigenvalue weighted by molar-refractivity contribution is 0.103. The summed E-state index contributed by atoms with van der Waals surface area (Å²) in [5.41, 5.74) is 0.622. The number of carbonyl (C=O) groups excluding carboxylic acids is 1. The van der Waals surface area contributed by atoms with Crippen LogP contribution in [-0.4, -0.2) is 25.0 Å². The molecule has 0 spiro atoms. The highest BCUT2D eigenvalue weighted by Gasteiger charge is 2.16. The minimum absolute atomic E-state index is 0.208. The second-order valence-corrected chi connectivity index (χ2v) is 4.17. The number of hydrogen-bond acceptors (Lipinski definition) is 4. The van der Waals surface area contributed by atoms with E-state index in [-0.39, 0.29) is 11.5 Å². The molecular formula is C14H12ClNO3. The molecule has 0 radical (unpaired) electrons. The second-order valence-electron chi connectivity index (χ2n) is 3.76. The molecule has 98 valence electrons. The molecule has 0 saturated carbocycles. The van der Waals surface area contributed by atoms with Gasteiger partial charge in [-0.1, -0.05) is 11.6 Å². The predicted octanol–water partition coefficient (Wildman–Crippen LogP) is 2.98. The van der Waals surface area contributed by atoms with Gasteiger partial charge in [-0.2, -0.15) is 0 Å². The van der Waals surface area contributed by atoms with Crippen molar-refractivity contribution in [1.82, 2.24) is 4.98 Å². The van der Waals surface area contributed by atoms with Crippen molar-refractivity contribution >= 4 is 17.4 Å². The fourth-order valence-corrected chi connectivity index (χ4v) is 1.84. The molecular weight excluding hydrogens is 266 g/mol. The number of nitrogens with zero attached hydrogens (tertiary/aromatic N) is 1. The van der Waals surface area contributed by atoms with Gasteiger partial charge < -0.3 is 9.47 Å². The Balaban J connectivity index is 2.47. The largest absolute Gasteiger partial charge is 0.497 e. The van der Waals surface area contributed by atoms with Crippen LogP contribution in [0.2, 0.25) is 5.02 Å². The number of benzene rings is 1. The highest BCUT2D eigenvalue weighted by atomic mass is 35.5. The first kappa shape index (κ1) is 13.4. The summed E-state index contributed by atoms with van der Waals surface area (Å²) >= 11 is 5.97. The van der Waals surface area contributed by atoms with E-state index < -0.39 is 0 Å². The van der Waals surface area contributed by atoms with Gasteiger partial charge in [0.25, 0.3) is 0 Å². The minimum atomic E-state index is -0.275. The number of ketones is 1. The van der Waals surface area contributed by atoms with Crippen LogP contribution >= 0.6 is 11.6 Å². The second kappa shape index (κ2) is 5.71. The summed E-state index contributed by atoms with van der Waals surface area (Å²) in [5, 5.41) is 0.314. The number of ether oxygens (including phenoxy) is 2. The van der Waals surface area contributed by atoms with E-state index in [9.17, 15) is 4.79 Å². The van der Waals surface area contributed by atoms with Crippen molar-refractivity contribution in [1.29, 1.82) is 0 Å². The van der Waals surface area contributed by atoms with Crippen LogP contribution in [0.1, 0.15) is 16.1 Å². The summed E-state index contributed by atoms with van der Waals surface area (Å²) < 4.78 is 10.3. The van der Waals surface area contributed by atoms with E-state index in [1.54, 1.807) is 30.3 Å². The first-order valence-electron chi connectivity index (χ1n) is 5.54. The van der Waals surface area contributed by atoms with Gasteiger partial charge in [-0.3, -0.25) is 9.78 Å². The summed E-state index contributed by atoms with van der Waals surface area (Å²) in [7, 11) is 3.05. The van der Waals surface area contributed by atoms with Crippen molar-refractivity contribution in [2.75, 3.05) is 14.2 Å². The van der Waals surface area contributed by atoms with Crippen molar-refractivity contribution in [3.8, 4) is 11.5 Å². The molecule has 0 unspecified atom stereocenters. The highest BCUT2D eigenvalue weighted by Crippen LogP contribution is 2.25. The molecule has 4 nitrogen and oxygen atoms in total. The van der Waals surface area contributed by atoms with Gasteiger partial charge in [0.05, 0.1) is 19.2 Å². The zero-order chi connectivity index (χ0) is 13.8. The van der Waals surface area contributed by atoms with Gasteiger partial charge in [0.1, 0.15) is 17.2 Å². The van der Waals surface area contributed by atoms with Crippen LogP contribution in [0.15, 0.2) is 36.5 Å². The molecule has 0 amide bonds. The van der Waals surface area contributed by atoms with E-state index in [1.165, 1.54) is 20.4 Å². The third-order valence-corrected chi connectivity index (χ3v) is 2.89. The van der Waals surface area contributed by atoms with Gasteiger partial charge in [-0.15, -0.1) is 0 Å². The summed E-state index contributed by atoms with van der Waals surface area (Å²) in [6.07, 6.45) is 1.52. The van der Waals surface area contributed by atoms with E-state index in [0.29, 0.717) is 22.1 Å². The van der Waals surface area contributed by atoms with E-state index in [4.69, 9.17) is 21.1 Å². The first-order valence-corrected chi connectivity index (χ1v) is 5.92. The van der Waals surface area contributed by atoms with Crippen molar-refractivity contribution in [3.05, 3.63) is 52.8 Å².